The highest BCUT2D eigenvalue weighted by Gasteiger charge is 2.45. The van der Waals surface area contributed by atoms with E-state index in [1.165, 1.54) is 19.3 Å². The first kappa shape index (κ1) is 19.4. The molecule has 0 aromatic rings. The van der Waals surface area contributed by atoms with Gasteiger partial charge in [0.15, 0.2) is 5.79 Å². The van der Waals surface area contributed by atoms with Crippen molar-refractivity contribution in [2.24, 2.45) is 0 Å². The van der Waals surface area contributed by atoms with Crippen molar-refractivity contribution in [1.82, 2.24) is 0 Å². The van der Waals surface area contributed by atoms with Gasteiger partial charge in [0.2, 0.25) is 0 Å². The lowest BCUT2D eigenvalue weighted by Gasteiger charge is -2.27. The van der Waals surface area contributed by atoms with Crippen molar-refractivity contribution in [3.8, 4) is 0 Å². The van der Waals surface area contributed by atoms with E-state index in [0.717, 1.165) is 19.3 Å². The van der Waals surface area contributed by atoms with Gasteiger partial charge in [-0.3, -0.25) is 4.79 Å². The molecule has 4 atom stereocenters. The Morgan fingerprint density at radius 1 is 1.17 bits per heavy atom. The van der Waals surface area contributed by atoms with Gasteiger partial charge in [0, 0.05) is 6.42 Å². The summed E-state index contributed by atoms with van der Waals surface area (Å²) in [6.07, 6.45) is 9.17. The largest absolute Gasteiger partial charge is 0.459 e. The number of rotatable bonds is 6. The van der Waals surface area contributed by atoms with Gasteiger partial charge in [0.1, 0.15) is 18.3 Å². The molecule has 2 heterocycles. The van der Waals surface area contributed by atoms with Gasteiger partial charge in [-0.15, -0.1) is 0 Å². The molecule has 138 valence electrons. The van der Waals surface area contributed by atoms with E-state index in [-0.39, 0.29) is 30.7 Å². The first-order chi connectivity index (χ1) is 11.4. The lowest BCUT2D eigenvalue weighted by molar-refractivity contribution is -0.171. The fourth-order valence-corrected chi connectivity index (χ4v) is 3.32. The van der Waals surface area contributed by atoms with Crippen molar-refractivity contribution < 1.29 is 24.1 Å². The van der Waals surface area contributed by atoms with Crippen LogP contribution >= 0.6 is 0 Å². The van der Waals surface area contributed by atoms with Gasteiger partial charge in [0.25, 0.3) is 0 Å². The van der Waals surface area contributed by atoms with E-state index in [0.29, 0.717) is 6.42 Å². The Balaban J connectivity index is 2.06. The van der Waals surface area contributed by atoms with Gasteiger partial charge in [-0.1, -0.05) is 44.8 Å². The maximum atomic E-state index is 12.1. The monoisotopic (exact) mass is 340 g/mol. The van der Waals surface area contributed by atoms with Crippen LogP contribution in [0.4, 0.5) is 0 Å². The van der Waals surface area contributed by atoms with Gasteiger partial charge < -0.3 is 19.3 Å². The van der Waals surface area contributed by atoms with E-state index in [9.17, 15) is 9.90 Å². The van der Waals surface area contributed by atoms with E-state index in [4.69, 9.17) is 14.2 Å². The molecule has 0 aromatic heterocycles. The number of hydrogen-bond acceptors (Lipinski definition) is 5. The molecule has 1 N–H and O–H groups in total. The number of cyclic esters (lactones) is 1. The molecule has 2 unspecified atom stereocenters. The smallest absolute Gasteiger partial charge is 0.306 e. The molecule has 0 aliphatic carbocycles. The molecule has 0 bridgehead atoms. The van der Waals surface area contributed by atoms with E-state index < -0.39 is 11.9 Å². The van der Waals surface area contributed by atoms with Crippen molar-refractivity contribution in [1.29, 1.82) is 0 Å². The Morgan fingerprint density at radius 3 is 2.67 bits per heavy atom. The van der Waals surface area contributed by atoms with Crippen LogP contribution in [0.2, 0.25) is 0 Å². The SMILES string of the molecule is CCCCCCCC1OC(=O)CCC(O)C=C[C@@H]2OC(C)(C)O[C@H]12. The minimum absolute atomic E-state index is 0.222. The molecule has 2 rings (SSSR count). The standard InChI is InChI=1S/C19H32O5/c1-4-5-6-7-8-9-15-18-16(23-19(2,3)24-18)12-10-14(20)11-13-17(21)22-15/h10,12,14-16,18,20H,4-9,11,13H2,1-3H3/t14?,15?,16-,18+/m0/s1. The molecule has 2 aliphatic heterocycles. The highest BCUT2D eigenvalue weighted by molar-refractivity contribution is 5.69. The summed E-state index contributed by atoms with van der Waals surface area (Å²) in [6.45, 7) is 5.92. The number of hydrogen-bond donors (Lipinski definition) is 1. The third-order valence-corrected chi connectivity index (χ3v) is 4.57. The molecular weight excluding hydrogens is 308 g/mol. The fraction of sp³-hybridized carbons (Fsp3) is 0.842. The van der Waals surface area contributed by atoms with E-state index in [1.54, 1.807) is 6.08 Å². The van der Waals surface area contributed by atoms with Gasteiger partial charge >= 0.3 is 5.97 Å². The summed E-state index contributed by atoms with van der Waals surface area (Å²) in [5.41, 5.74) is 0. The Bertz CT molecular complexity index is 431. The van der Waals surface area contributed by atoms with Crippen LogP contribution in [0.15, 0.2) is 12.2 Å². The second-order valence-corrected chi connectivity index (χ2v) is 7.29. The second kappa shape index (κ2) is 8.97. The summed E-state index contributed by atoms with van der Waals surface area (Å²) >= 11 is 0. The lowest BCUT2D eigenvalue weighted by atomic mass is 9.99. The molecule has 0 radical (unpaired) electrons. The van der Waals surface area contributed by atoms with Gasteiger partial charge in [-0.2, -0.15) is 0 Å². The number of carbonyl (C=O) groups is 1. The summed E-state index contributed by atoms with van der Waals surface area (Å²) in [5.74, 6) is -0.985. The fourth-order valence-electron chi connectivity index (χ4n) is 3.32. The number of fused-ring (bicyclic) bond motifs is 1. The molecule has 1 saturated heterocycles. The summed E-state index contributed by atoms with van der Waals surface area (Å²) in [7, 11) is 0. The van der Waals surface area contributed by atoms with Crippen LogP contribution in [0, 0.1) is 0 Å². The third kappa shape index (κ3) is 5.87. The summed E-state index contributed by atoms with van der Waals surface area (Å²) < 4.78 is 17.7. The Labute approximate surface area is 145 Å². The zero-order valence-electron chi connectivity index (χ0n) is 15.2. The van der Waals surface area contributed by atoms with E-state index >= 15 is 0 Å². The Morgan fingerprint density at radius 2 is 1.92 bits per heavy atom. The molecule has 5 nitrogen and oxygen atoms in total. The summed E-state index contributed by atoms with van der Waals surface area (Å²) in [5, 5.41) is 9.90. The minimum Gasteiger partial charge on any atom is -0.459 e. The average Bonchev–Trinajstić information content (AvgIpc) is 2.84. The molecule has 1 fully saturated rings. The second-order valence-electron chi connectivity index (χ2n) is 7.29. The number of unbranched alkanes of at least 4 members (excludes halogenated alkanes) is 4. The van der Waals surface area contributed by atoms with Gasteiger partial charge in [-0.25, -0.2) is 0 Å². The average molecular weight is 340 g/mol. The first-order valence-corrected chi connectivity index (χ1v) is 9.33. The van der Waals surface area contributed by atoms with Gasteiger partial charge in [0.05, 0.1) is 6.10 Å². The molecule has 0 amide bonds. The molecule has 5 heteroatoms. The van der Waals surface area contributed by atoms with Crippen LogP contribution in [0.5, 0.6) is 0 Å². The normalized spacial score (nSPS) is 33.1. The number of carbonyl (C=O) groups excluding carboxylic acids is 1. The number of aliphatic hydroxyl groups is 1. The summed E-state index contributed by atoms with van der Waals surface area (Å²) in [6, 6.07) is 0. The van der Waals surface area contributed by atoms with Crippen molar-refractivity contribution in [3.05, 3.63) is 12.2 Å². The molecule has 0 aromatic carbocycles. The zero-order chi connectivity index (χ0) is 17.6. The van der Waals surface area contributed by atoms with Crippen LogP contribution in [0.25, 0.3) is 0 Å². The van der Waals surface area contributed by atoms with Crippen molar-refractivity contribution in [3.63, 3.8) is 0 Å². The molecule has 2 aliphatic rings. The zero-order valence-corrected chi connectivity index (χ0v) is 15.2. The van der Waals surface area contributed by atoms with Crippen molar-refractivity contribution in [2.45, 2.75) is 102 Å². The first-order valence-electron chi connectivity index (χ1n) is 9.33. The molecule has 24 heavy (non-hydrogen) atoms. The lowest BCUT2D eigenvalue weighted by Crippen LogP contribution is -2.39. The van der Waals surface area contributed by atoms with Crippen LogP contribution in [0.3, 0.4) is 0 Å². The topological polar surface area (TPSA) is 65.0 Å². The van der Waals surface area contributed by atoms with Crippen LogP contribution in [-0.4, -0.2) is 41.3 Å². The van der Waals surface area contributed by atoms with Crippen LogP contribution in [0.1, 0.15) is 72.1 Å². The molecular formula is C19H32O5. The predicted octanol–water partition coefficient (Wildman–Crippen LogP) is 3.49. The van der Waals surface area contributed by atoms with Crippen molar-refractivity contribution >= 4 is 5.97 Å². The number of aliphatic hydroxyl groups excluding tert-OH is 1. The van der Waals surface area contributed by atoms with Crippen molar-refractivity contribution in [2.75, 3.05) is 0 Å². The van der Waals surface area contributed by atoms with Crippen LogP contribution in [-0.2, 0) is 19.0 Å². The highest BCUT2D eigenvalue weighted by Crippen LogP contribution is 2.34. The Kier molecular flexibility index (Phi) is 7.26. The maximum Gasteiger partial charge on any atom is 0.306 e. The summed E-state index contributed by atoms with van der Waals surface area (Å²) in [4.78, 5) is 12.1. The molecule has 0 spiro atoms. The van der Waals surface area contributed by atoms with E-state index in [1.807, 2.05) is 19.9 Å². The van der Waals surface area contributed by atoms with E-state index in [2.05, 4.69) is 6.92 Å². The predicted molar refractivity (Wildman–Crippen MR) is 91.5 cm³/mol. The molecule has 0 saturated carbocycles. The number of ether oxygens (including phenoxy) is 3. The van der Waals surface area contributed by atoms with Gasteiger partial charge in [-0.05, 0) is 33.1 Å². The quantitative estimate of drug-likeness (QED) is 0.455. The highest BCUT2D eigenvalue weighted by atomic mass is 16.8. The maximum absolute atomic E-state index is 12.1. The Hall–Kier alpha value is -0.910. The number of esters is 1. The van der Waals surface area contributed by atoms with Crippen LogP contribution < -0.4 is 0 Å². The third-order valence-electron chi connectivity index (χ3n) is 4.57. The minimum atomic E-state index is -0.717.